The normalized spacial score (nSPS) is 11.2. The molecule has 0 saturated heterocycles. The summed E-state index contributed by atoms with van der Waals surface area (Å²) in [6.07, 6.45) is 12.0. The molecular weight excluding hydrogens is 246 g/mol. The van der Waals surface area contributed by atoms with E-state index in [1.54, 1.807) is 0 Å². The van der Waals surface area contributed by atoms with Crippen molar-refractivity contribution in [2.24, 2.45) is 0 Å². The fourth-order valence-corrected chi connectivity index (χ4v) is 2.44. The van der Waals surface area contributed by atoms with Crippen LogP contribution in [0.5, 0.6) is 0 Å². The zero-order valence-electron chi connectivity index (χ0n) is 12.5. The Kier molecular flexibility index (Phi) is 16.3. The molecule has 0 aliphatic carbocycles. The first-order chi connectivity index (χ1) is 7.56. The van der Waals surface area contributed by atoms with Gasteiger partial charge in [0.1, 0.15) is 0 Å². The molecule has 0 aliphatic rings. The minimum atomic E-state index is -3.74. The van der Waals surface area contributed by atoms with Crippen LogP contribution in [0, 0.1) is 0 Å². The maximum atomic E-state index is 10.6. The third kappa shape index (κ3) is 19.7. The Bertz CT molecular complexity index is 200. The van der Waals surface area contributed by atoms with E-state index in [1.165, 1.54) is 44.9 Å². The van der Waals surface area contributed by atoms with Crippen LogP contribution in [-0.4, -0.2) is 15.9 Å². The second-order valence-electron chi connectivity index (χ2n) is 4.57. The van der Waals surface area contributed by atoms with Crippen LogP contribution in [0.15, 0.2) is 0 Å². The van der Waals surface area contributed by atoms with E-state index in [4.69, 9.17) is 9.79 Å². The van der Waals surface area contributed by atoms with E-state index in [-0.39, 0.29) is 37.1 Å². The summed E-state index contributed by atoms with van der Waals surface area (Å²) in [6.45, 7) is 2.22. The Labute approximate surface area is 130 Å². The fraction of sp³-hybridized carbons (Fsp3) is 1.00. The van der Waals surface area contributed by atoms with Crippen molar-refractivity contribution in [1.29, 1.82) is 0 Å². The zero-order chi connectivity index (χ0) is 12.3. The molecule has 0 unspecified atom stereocenters. The third-order valence-corrected chi connectivity index (χ3v) is 3.70. The van der Waals surface area contributed by atoms with Crippen molar-refractivity contribution in [3.63, 3.8) is 0 Å². The summed E-state index contributed by atoms with van der Waals surface area (Å²) in [7, 11) is -3.74. The molecule has 0 aromatic heterocycles. The SMILES string of the molecule is CCCCCCCCCCCCP(=O)(O)O.[H-].[Na+]. The first-order valence-electron chi connectivity index (χ1n) is 6.61. The number of hydrogen-bond donors (Lipinski definition) is 2. The summed E-state index contributed by atoms with van der Waals surface area (Å²) in [5.41, 5.74) is 0. The molecule has 0 aromatic rings. The Hall–Kier alpha value is 1.15. The average molecular weight is 274 g/mol. The Morgan fingerprint density at radius 1 is 0.824 bits per heavy atom. The van der Waals surface area contributed by atoms with E-state index in [1.807, 2.05) is 0 Å². The number of hydrogen-bond acceptors (Lipinski definition) is 1. The van der Waals surface area contributed by atoms with Gasteiger partial charge in [0.25, 0.3) is 0 Å². The molecule has 100 valence electrons. The van der Waals surface area contributed by atoms with Gasteiger partial charge >= 0.3 is 37.2 Å². The van der Waals surface area contributed by atoms with Gasteiger partial charge in [0.05, 0.1) is 0 Å². The van der Waals surface area contributed by atoms with Crippen LogP contribution < -0.4 is 29.6 Å². The molecule has 17 heavy (non-hydrogen) atoms. The summed E-state index contributed by atoms with van der Waals surface area (Å²) < 4.78 is 10.6. The van der Waals surface area contributed by atoms with Crippen LogP contribution in [0.2, 0.25) is 0 Å². The monoisotopic (exact) mass is 274 g/mol. The predicted octanol–water partition coefficient (Wildman–Crippen LogP) is 1.20. The third-order valence-electron chi connectivity index (χ3n) is 2.80. The summed E-state index contributed by atoms with van der Waals surface area (Å²) >= 11 is 0. The summed E-state index contributed by atoms with van der Waals surface area (Å²) in [5.74, 6) is 0. The van der Waals surface area contributed by atoms with Crippen LogP contribution in [0.1, 0.15) is 72.6 Å². The van der Waals surface area contributed by atoms with Crippen LogP contribution in [0.4, 0.5) is 0 Å². The molecule has 0 spiro atoms. The maximum absolute atomic E-state index is 10.6. The molecule has 0 bridgehead atoms. The van der Waals surface area contributed by atoms with Crippen LogP contribution >= 0.6 is 7.60 Å². The second kappa shape index (κ2) is 13.6. The molecule has 2 N–H and O–H groups in total. The summed E-state index contributed by atoms with van der Waals surface area (Å²) in [4.78, 5) is 17.3. The van der Waals surface area contributed by atoms with Crippen molar-refractivity contribution in [2.75, 3.05) is 6.16 Å². The smallest absolute Gasteiger partial charge is 1.00 e. The fourth-order valence-electron chi connectivity index (χ4n) is 1.81. The zero-order valence-corrected chi connectivity index (χ0v) is 14.4. The van der Waals surface area contributed by atoms with Gasteiger partial charge in [-0.15, -0.1) is 0 Å². The van der Waals surface area contributed by atoms with Crippen molar-refractivity contribution in [1.82, 2.24) is 0 Å². The topological polar surface area (TPSA) is 57.5 Å². The quantitative estimate of drug-likeness (QED) is 0.338. The Morgan fingerprint density at radius 3 is 1.53 bits per heavy atom. The first-order valence-corrected chi connectivity index (χ1v) is 8.40. The minimum absolute atomic E-state index is 0. The van der Waals surface area contributed by atoms with E-state index in [0.29, 0.717) is 6.42 Å². The number of rotatable bonds is 11. The van der Waals surface area contributed by atoms with Crippen molar-refractivity contribution in [3.05, 3.63) is 0 Å². The van der Waals surface area contributed by atoms with E-state index in [9.17, 15) is 4.57 Å². The van der Waals surface area contributed by atoms with Gasteiger partial charge in [-0.25, -0.2) is 0 Å². The van der Waals surface area contributed by atoms with Gasteiger partial charge in [0.2, 0.25) is 0 Å². The van der Waals surface area contributed by atoms with Crippen LogP contribution in [-0.2, 0) is 4.57 Å². The van der Waals surface area contributed by atoms with Gasteiger partial charge in [0, 0.05) is 6.16 Å². The summed E-state index contributed by atoms with van der Waals surface area (Å²) in [5, 5.41) is 0. The van der Waals surface area contributed by atoms with Gasteiger partial charge in [-0.2, -0.15) is 0 Å². The summed E-state index contributed by atoms with van der Waals surface area (Å²) in [6, 6.07) is 0. The average Bonchev–Trinajstić information content (AvgIpc) is 2.19. The van der Waals surface area contributed by atoms with E-state index in [0.717, 1.165) is 12.8 Å². The van der Waals surface area contributed by atoms with E-state index < -0.39 is 7.60 Å². The van der Waals surface area contributed by atoms with Gasteiger partial charge < -0.3 is 11.2 Å². The largest absolute Gasteiger partial charge is 1.00 e. The number of unbranched alkanes of at least 4 members (excludes halogenated alkanes) is 9. The van der Waals surface area contributed by atoms with Crippen LogP contribution in [0.3, 0.4) is 0 Å². The molecule has 0 radical (unpaired) electrons. The van der Waals surface area contributed by atoms with Gasteiger partial charge in [-0.05, 0) is 6.42 Å². The van der Waals surface area contributed by atoms with Gasteiger partial charge in [-0.3, -0.25) is 4.57 Å². The van der Waals surface area contributed by atoms with Crippen molar-refractivity contribution >= 4 is 7.60 Å². The molecule has 0 heterocycles. The molecule has 0 atom stereocenters. The maximum Gasteiger partial charge on any atom is 1.00 e. The minimum Gasteiger partial charge on any atom is -1.00 e. The molecule has 5 heteroatoms. The standard InChI is InChI=1S/C12H27O3P.Na.H/c1-2-3-4-5-6-7-8-9-10-11-12-16(13,14)15;;/h2-12H2,1H3,(H2,13,14,15);;/q;+1;-1. The van der Waals surface area contributed by atoms with Crippen molar-refractivity contribution in [3.8, 4) is 0 Å². The van der Waals surface area contributed by atoms with Crippen molar-refractivity contribution < 1.29 is 45.3 Å². The van der Waals surface area contributed by atoms with Gasteiger partial charge in [0.15, 0.2) is 0 Å². The molecule has 0 saturated carbocycles. The first kappa shape index (κ1) is 20.5. The van der Waals surface area contributed by atoms with Gasteiger partial charge in [-0.1, -0.05) is 64.7 Å². The Balaban J connectivity index is -0.00000112. The Morgan fingerprint density at radius 2 is 1.18 bits per heavy atom. The van der Waals surface area contributed by atoms with E-state index in [2.05, 4.69) is 6.92 Å². The molecule has 0 aliphatic heterocycles. The predicted molar refractivity (Wildman–Crippen MR) is 69.9 cm³/mol. The molecular formula is C12H28NaO3P. The van der Waals surface area contributed by atoms with Crippen LogP contribution in [0.25, 0.3) is 0 Å². The molecule has 0 aromatic carbocycles. The molecule has 0 fully saturated rings. The molecule has 3 nitrogen and oxygen atoms in total. The van der Waals surface area contributed by atoms with Crippen molar-refractivity contribution in [2.45, 2.75) is 71.1 Å². The van der Waals surface area contributed by atoms with E-state index >= 15 is 0 Å². The molecule has 0 rings (SSSR count). The molecule has 0 amide bonds. The second-order valence-corrected chi connectivity index (χ2v) is 6.35.